The topological polar surface area (TPSA) is 54.0 Å². The Morgan fingerprint density at radius 1 is 1.05 bits per heavy atom. The summed E-state index contributed by atoms with van der Waals surface area (Å²) >= 11 is 5.83. The van der Waals surface area contributed by atoms with Crippen molar-refractivity contribution in [2.45, 2.75) is 6.54 Å². The van der Waals surface area contributed by atoms with Gasteiger partial charge in [-0.25, -0.2) is 4.79 Å². The van der Waals surface area contributed by atoms with E-state index in [9.17, 15) is 4.79 Å². The van der Waals surface area contributed by atoms with E-state index >= 15 is 0 Å². The van der Waals surface area contributed by atoms with Crippen molar-refractivity contribution in [3.63, 3.8) is 0 Å². The van der Waals surface area contributed by atoms with Crippen LogP contribution in [0, 0.1) is 0 Å². The fourth-order valence-corrected chi connectivity index (χ4v) is 2.28. The van der Waals surface area contributed by atoms with Crippen LogP contribution < -0.4 is 10.6 Å². The predicted octanol–water partition coefficient (Wildman–Crippen LogP) is 4.21. The molecule has 5 heteroatoms. The second-order valence-corrected chi connectivity index (χ2v) is 5.25. The molecule has 1 heterocycles. The van der Waals surface area contributed by atoms with Crippen LogP contribution in [0.5, 0.6) is 0 Å². The number of pyridine rings is 1. The Hall–Kier alpha value is -2.59. The molecule has 0 saturated carbocycles. The molecule has 0 aliphatic rings. The van der Waals surface area contributed by atoms with E-state index < -0.39 is 0 Å². The van der Waals surface area contributed by atoms with Crippen LogP contribution in [0.4, 0.5) is 10.5 Å². The van der Waals surface area contributed by atoms with Gasteiger partial charge >= 0.3 is 6.03 Å². The fraction of sp³-hybridized carbons (Fsp3) is 0.0588. The normalized spacial score (nSPS) is 10.4. The van der Waals surface area contributed by atoms with E-state index in [0.29, 0.717) is 17.3 Å². The Morgan fingerprint density at radius 2 is 1.82 bits per heavy atom. The summed E-state index contributed by atoms with van der Waals surface area (Å²) < 4.78 is 0. The molecule has 2 aromatic carbocycles. The van der Waals surface area contributed by atoms with Gasteiger partial charge in [0.15, 0.2) is 0 Å². The first-order valence-corrected chi connectivity index (χ1v) is 7.23. The molecule has 4 nitrogen and oxygen atoms in total. The number of aromatic nitrogens is 1. The number of para-hydroxylation sites is 1. The Balaban J connectivity index is 1.67. The maximum Gasteiger partial charge on any atom is 0.319 e. The highest BCUT2D eigenvalue weighted by atomic mass is 35.5. The van der Waals surface area contributed by atoms with Crippen LogP contribution in [0.1, 0.15) is 5.56 Å². The zero-order chi connectivity index (χ0) is 15.4. The molecule has 0 radical (unpaired) electrons. The summed E-state index contributed by atoms with van der Waals surface area (Å²) in [4.78, 5) is 16.3. The first-order chi connectivity index (χ1) is 10.7. The number of amides is 2. The summed E-state index contributed by atoms with van der Waals surface area (Å²) in [5.74, 6) is 0. The highest BCUT2D eigenvalue weighted by Crippen LogP contribution is 2.20. The van der Waals surface area contributed by atoms with Crippen LogP contribution in [0.25, 0.3) is 10.9 Å². The van der Waals surface area contributed by atoms with Crippen molar-refractivity contribution in [3.05, 3.63) is 71.4 Å². The van der Waals surface area contributed by atoms with Crippen molar-refractivity contribution in [1.82, 2.24) is 10.3 Å². The van der Waals surface area contributed by atoms with E-state index in [0.717, 1.165) is 16.5 Å². The van der Waals surface area contributed by atoms with Crippen LogP contribution in [-0.2, 0) is 6.54 Å². The molecule has 0 atom stereocenters. The van der Waals surface area contributed by atoms with Gasteiger partial charge in [0, 0.05) is 23.2 Å². The molecule has 0 aliphatic heterocycles. The van der Waals surface area contributed by atoms with Crippen molar-refractivity contribution < 1.29 is 4.79 Å². The molecule has 3 aromatic rings. The lowest BCUT2D eigenvalue weighted by molar-refractivity contribution is 0.252. The number of hydrogen-bond donors (Lipinski definition) is 2. The lowest BCUT2D eigenvalue weighted by atomic mass is 10.2. The quantitative estimate of drug-likeness (QED) is 0.761. The zero-order valence-electron chi connectivity index (χ0n) is 11.7. The second-order valence-electron chi connectivity index (χ2n) is 4.81. The molecule has 3 rings (SSSR count). The van der Waals surface area contributed by atoms with Crippen molar-refractivity contribution in [1.29, 1.82) is 0 Å². The van der Waals surface area contributed by atoms with Crippen LogP contribution in [0.15, 0.2) is 60.8 Å². The van der Waals surface area contributed by atoms with E-state index in [4.69, 9.17) is 11.6 Å². The number of urea groups is 1. The minimum absolute atomic E-state index is 0.270. The highest BCUT2D eigenvalue weighted by molar-refractivity contribution is 6.30. The maximum atomic E-state index is 12.0. The molecule has 2 N–H and O–H groups in total. The summed E-state index contributed by atoms with van der Waals surface area (Å²) in [5, 5.41) is 7.30. The van der Waals surface area contributed by atoms with Crippen LogP contribution >= 0.6 is 11.6 Å². The van der Waals surface area contributed by atoms with Crippen LogP contribution in [-0.4, -0.2) is 11.0 Å². The third-order valence-electron chi connectivity index (χ3n) is 3.25. The van der Waals surface area contributed by atoms with Gasteiger partial charge < -0.3 is 10.6 Å². The molecule has 0 saturated heterocycles. The fourth-order valence-electron chi connectivity index (χ4n) is 2.16. The smallest absolute Gasteiger partial charge is 0.319 e. The van der Waals surface area contributed by atoms with Crippen molar-refractivity contribution in [3.8, 4) is 0 Å². The molecule has 0 unspecified atom stereocenters. The molecule has 110 valence electrons. The lowest BCUT2D eigenvalue weighted by Crippen LogP contribution is -2.28. The summed E-state index contributed by atoms with van der Waals surface area (Å²) in [5.41, 5.74) is 2.44. The van der Waals surface area contributed by atoms with Gasteiger partial charge in [-0.05, 0) is 29.8 Å². The van der Waals surface area contributed by atoms with Crippen LogP contribution in [0.3, 0.4) is 0 Å². The number of halogens is 1. The van der Waals surface area contributed by atoms with Crippen molar-refractivity contribution in [2.24, 2.45) is 0 Å². The maximum absolute atomic E-state index is 12.0. The average molecular weight is 312 g/mol. The van der Waals surface area contributed by atoms with E-state index in [1.807, 2.05) is 42.5 Å². The zero-order valence-corrected chi connectivity index (χ0v) is 12.5. The van der Waals surface area contributed by atoms with Gasteiger partial charge in [-0.3, -0.25) is 4.98 Å². The van der Waals surface area contributed by atoms with Crippen molar-refractivity contribution in [2.75, 3.05) is 5.32 Å². The summed E-state index contributed by atoms with van der Waals surface area (Å²) in [6, 6.07) is 16.6. The van der Waals surface area contributed by atoms with Crippen molar-refractivity contribution >= 4 is 34.2 Å². The Labute approximate surface area is 133 Å². The van der Waals surface area contributed by atoms with Gasteiger partial charge in [0.2, 0.25) is 0 Å². The number of carbonyl (C=O) groups is 1. The summed E-state index contributed by atoms with van der Waals surface area (Å²) in [6.45, 7) is 0.432. The third-order valence-corrected chi connectivity index (χ3v) is 3.50. The largest absolute Gasteiger partial charge is 0.334 e. The van der Waals surface area contributed by atoms with E-state index in [2.05, 4.69) is 15.6 Å². The van der Waals surface area contributed by atoms with Gasteiger partial charge in [0.05, 0.1) is 11.2 Å². The van der Waals surface area contributed by atoms with Gasteiger partial charge in [-0.2, -0.15) is 0 Å². The number of rotatable bonds is 3. The molecule has 0 aliphatic carbocycles. The molecule has 0 bridgehead atoms. The molecular formula is C17H14ClN3O. The summed E-state index contributed by atoms with van der Waals surface area (Å²) in [7, 11) is 0. The number of hydrogen-bond acceptors (Lipinski definition) is 2. The minimum Gasteiger partial charge on any atom is -0.334 e. The monoisotopic (exact) mass is 311 g/mol. The number of nitrogens with zero attached hydrogens (tertiary/aromatic N) is 1. The molecule has 2 amide bonds. The number of carbonyl (C=O) groups excluding carboxylic acids is 1. The number of benzene rings is 2. The molecule has 1 aromatic heterocycles. The first-order valence-electron chi connectivity index (χ1n) is 6.85. The van der Waals surface area contributed by atoms with Gasteiger partial charge in [0.25, 0.3) is 0 Å². The Kier molecular flexibility index (Phi) is 4.21. The molecule has 0 spiro atoms. The summed E-state index contributed by atoms with van der Waals surface area (Å²) in [6.07, 6.45) is 1.71. The Morgan fingerprint density at radius 3 is 2.64 bits per heavy atom. The standard InChI is InChI=1S/C17H14ClN3O/c18-14-8-6-12(7-9-14)11-20-17(22)21-15-5-1-3-13-4-2-10-19-16(13)15/h1-10H,11H2,(H2,20,21,22). The predicted molar refractivity (Wildman–Crippen MR) is 89.1 cm³/mol. The second kappa shape index (κ2) is 6.45. The first kappa shape index (κ1) is 14.4. The molecular weight excluding hydrogens is 298 g/mol. The van der Waals surface area contributed by atoms with E-state index in [-0.39, 0.29) is 6.03 Å². The highest BCUT2D eigenvalue weighted by Gasteiger charge is 2.06. The molecule has 22 heavy (non-hydrogen) atoms. The lowest BCUT2D eigenvalue weighted by Gasteiger charge is -2.09. The van der Waals surface area contributed by atoms with Gasteiger partial charge in [-0.1, -0.05) is 41.9 Å². The molecule has 0 fully saturated rings. The van der Waals surface area contributed by atoms with E-state index in [1.54, 1.807) is 18.3 Å². The van der Waals surface area contributed by atoms with E-state index in [1.165, 1.54) is 0 Å². The SMILES string of the molecule is O=C(NCc1ccc(Cl)cc1)Nc1cccc2cccnc12. The third kappa shape index (κ3) is 3.35. The van der Waals surface area contributed by atoms with Gasteiger partial charge in [-0.15, -0.1) is 0 Å². The minimum atomic E-state index is -0.270. The van der Waals surface area contributed by atoms with Gasteiger partial charge in [0.1, 0.15) is 0 Å². The number of nitrogens with one attached hydrogen (secondary N) is 2. The number of fused-ring (bicyclic) bond motifs is 1. The van der Waals surface area contributed by atoms with Crippen LogP contribution in [0.2, 0.25) is 5.02 Å². The number of anilines is 1. The Bertz CT molecular complexity index is 797. The average Bonchev–Trinajstić information content (AvgIpc) is 2.55.